The number of nitrogens with one attached hydrogen (secondary N) is 1. The molecule has 162 valence electrons. The summed E-state index contributed by atoms with van der Waals surface area (Å²) in [4.78, 5) is 28.5. The van der Waals surface area contributed by atoms with E-state index in [2.05, 4.69) is 10.3 Å². The Morgan fingerprint density at radius 3 is 2.71 bits per heavy atom. The molecule has 9 heteroatoms. The van der Waals surface area contributed by atoms with Gasteiger partial charge in [-0.2, -0.15) is 0 Å². The number of carbonyl (C=O) groups excluding carboxylic acids is 2. The Bertz CT molecular complexity index is 1020. The van der Waals surface area contributed by atoms with Crippen LogP contribution in [0.5, 0.6) is 0 Å². The fraction of sp³-hybridized carbons (Fsp3) is 0.318. The summed E-state index contributed by atoms with van der Waals surface area (Å²) in [5.41, 5.74) is -0.986. The lowest BCUT2D eigenvalue weighted by atomic mass is 9.72. The molecule has 4 rings (SSSR count). The molecule has 5 nitrogen and oxygen atoms in total. The molecule has 1 amide bonds. The molecule has 1 N–H and O–H groups in total. The molecular weight excluding hydrogens is 429 g/mol. The molecule has 2 aliphatic heterocycles. The maximum absolute atomic E-state index is 14.8. The number of thioether (sulfide) groups is 1. The molecule has 1 saturated heterocycles. The molecule has 2 heterocycles. The summed E-state index contributed by atoms with van der Waals surface area (Å²) in [6.45, 7) is -0.989. The summed E-state index contributed by atoms with van der Waals surface area (Å²) in [5, 5.41) is 2.08. The molecule has 4 atom stereocenters. The normalized spacial score (nSPS) is 27.7. The summed E-state index contributed by atoms with van der Waals surface area (Å²) >= 11 is 1.03. The SMILES string of the molecule is O=C[C@H]1C[C@H]2[C@@H](CF)SC(NC(=O)c3ccccc3)=N[C@@]2(c2ccc(F)cc2F)CO1. The zero-order chi connectivity index (χ0) is 22.0. The molecule has 2 aromatic carbocycles. The molecule has 2 aromatic rings. The van der Waals surface area contributed by atoms with Gasteiger partial charge in [-0.05, 0) is 24.6 Å². The molecule has 0 unspecified atom stereocenters. The van der Waals surface area contributed by atoms with Crippen LogP contribution in [-0.2, 0) is 15.1 Å². The molecule has 2 aliphatic rings. The first-order chi connectivity index (χ1) is 15.0. The molecule has 0 radical (unpaired) electrons. The lowest BCUT2D eigenvalue weighted by molar-refractivity contribution is -0.128. The van der Waals surface area contributed by atoms with E-state index < -0.39 is 47.0 Å². The summed E-state index contributed by atoms with van der Waals surface area (Å²) in [5.74, 6) is -2.64. The standard InChI is InChI=1S/C22H19F3N2O3S/c23-10-19-17-9-15(11-28)30-12-22(17,16-7-6-14(24)8-18(16)25)27-21(31-19)26-20(29)13-4-2-1-3-5-13/h1-8,11,15,17,19H,9-10,12H2,(H,26,27,29)/t15-,17+,19-,22-/m1/s1. The Balaban J connectivity index is 1.78. The summed E-state index contributed by atoms with van der Waals surface area (Å²) in [6.07, 6.45) is -0.0148. The van der Waals surface area contributed by atoms with Gasteiger partial charge in [0.2, 0.25) is 0 Å². The highest BCUT2D eigenvalue weighted by molar-refractivity contribution is 8.14. The number of amidine groups is 1. The number of aldehydes is 1. The zero-order valence-electron chi connectivity index (χ0n) is 16.3. The predicted octanol–water partition coefficient (Wildman–Crippen LogP) is 3.64. The Labute approximate surface area is 181 Å². The third-order valence-electron chi connectivity index (χ3n) is 5.59. The van der Waals surface area contributed by atoms with Crippen LogP contribution < -0.4 is 5.32 Å². The Morgan fingerprint density at radius 2 is 2.03 bits per heavy atom. The second kappa shape index (κ2) is 8.84. The lowest BCUT2D eigenvalue weighted by Gasteiger charge is -2.48. The van der Waals surface area contributed by atoms with Crippen molar-refractivity contribution in [3.8, 4) is 0 Å². The molecule has 31 heavy (non-hydrogen) atoms. The predicted molar refractivity (Wildman–Crippen MR) is 111 cm³/mol. The van der Waals surface area contributed by atoms with Crippen molar-refractivity contribution >= 4 is 29.1 Å². The maximum Gasteiger partial charge on any atom is 0.257 e. The number of carbonyl (C=O) groups is 2. The van der Waals surface area contributed by atoms with Crippen LogP contribution in [0.25, 0.3) is 0 Å². The fourth-order valence-electron chi connectivity index (χ4n) is 4.09. The Hall–Kier alpha value is -2.65. The highest BCUT2D eigenvalue weighted by Crippen LogP contribution is 2.50. The number of benzene rings is 2. The second-order valence-corrected chi connectivity index (χ2v) is 8.65. The van der Waals surface area contributed by atoms with Crippen LogP contribution in [0.15, 0.2) is 53.5 Å². The van der Waals surface area contributed by atoms with Gasteiger partial charge >= 0.3 is 0 Å². The van der Waals surface area contributed by atoms with Crippen molar-refractivity contribution in [1.29, 1.82) is 0 Å². The van der Waals surface area contributed by atoms with E-state index in [4.69, 9.17) is 4.74 Å². The summed E-state index contributed by atoms with van der Waals surface area (Å²) < 4.78 is 48.1. The minimum atomic E-state index is -1.40. The highest BCUT2D eigenvalue weighted by Gasteiger charge is 2.53. The van der Waals surface area contributed by atoms with Crippen molar-refractivity contribution in [3.63, 3.8) is 0 Å². The molecule has 0 aromatic heterocycles. The van der Waals surface area contributed by atoms with E-state index in [-0.39, 0.29) is 23.8 Å². The van der Waals surface area contributed by atoms with Crippen molar-refractivity contribution in [2.45, 2.75) is 23.3 Å². The number of aliphatic imine (C=N–C) groups is 1. The molecule has 0 bridgehead atoms. The highest BCUT2D eigenvalue weighted by atomic mass is 32.2. The smallest absolute Gasteiger partial charge is 0.257 e. The van der Waals surface area contributed by atoms with Crippen molar-refractivity contribution in [3.05, 3.63) is 71.3 Å². The average molecular weight is 448 g/mol. The third kappa shape index (κ3) is 4.12. The number of amides is 1. The number of halogens is 3. The fourth-order valence-corrected chi connectivity index (χ4v) is 5.31. The number of rotatable bonds is 4. The summed E-state index contributed by atoms with van der Waals surface area (Å²) in [6, 6.07) is 11.5. The van der Waals surface area contributed by atoms with Crippen LogP contribution in [0.4, 0.5) is 13.2 Å². The van der Waals surface area contributed by atoms with Crippen LogP contribution in [-0.4, -0.2) is 42.0 Å². The van der Waals surface area contributed by atoms with Gasteiger partial charge < -0.3 is 14.8 Å². The minimum Gasteiger partial charge on any atom is -0.368 e. The third-order valence-corrected chi connectivity index (χ3v) is 6.76. The van der Waals surface area contributed by atoms with Crippen molar-refractivity contribution in [1.82, 2.24) is 5.32 Å². The summed E-state index contributed by atoms with van der Waals surface area (Å²) in [7, 11) is 0. The van der Waals surface area contributed by atoms with Gasteiger partial charge in [0.05, 0.1) is 6.61 Å². The van der Waals surface area contributed by atoms with Crippen LogP contribution in [0.2, 0.25) is 0 Å². The monoisotopic (exact) mass is 448 g/mol. The van der Waals surface area contributed by atoms with Crippen molar-refractivity contribution in [2.75, 3.05) is 13.3 Å². The van der Waals surface area contributed by atoms with Crippen LogP contribution in [0.3, 0.4) is 0 Å². The number of nitrogens with zero attached hydrogens (tertiary/aromatic N) is 1. The molecular formula is C22H19F3N2O3S. The molecule has 0 saturated carbocycles. The van der Waals surface area contributed by atoms with Gasteiger partial charge in [-0.15, -0.1) is 0 Å². The maximum atomic E-state index is 14.8. The molecule has 0 aliphatic carbocycles. The number of fused-ring (bicyclic) bond motifs is 1. The van der Waals surface area contributed by atoms with Gasteiger partial charge in [0.15, 0.2) is 5.17 Å². The second-order valence-electron chi connectivity index (χ2n) is 7.42. The van der Waals surface area contributed by atoms with E-state index in [9.17, 15) is 22.8 Å². The van der Waals surface area contributed by atoms with E-state index in [0.29, 0.717) is 11.8 Å². The first-order valence-electron chi connectivity index (χ1n) is 9.68. The van der Waals surface area contributed by atoms with E-state index in [1.165, 1.54) is 6.07 Å². The lowest BCUT2D eigenvalue weighted by Crippen LogP contribution is -2.55. The Kier molecular flexibility index (Phi) is 6.15. The quantitative estimate of drug-likeness (QED) is 0.726. The van der Waals surface area contributed by atoms with Crippen molar-refractivity contribution in [2.24, 2.45) is 10.9 Å². The van der Waals surface area contributed by atoms with Gasteiger partial charge in [-0.3, -0.25) is 4.79 Å². The van der Waals surface area contributed by atoms with E-state index in [1.807, 2.05) is 0 Å². The van der Waals surface area contributed by atoms with Crippen molar-refractivity contribution < 1.29 is 27.5 Å². The molecule has 0 spiro atoms. The topological polar surface area (TPSA) is 67.8 Å². The van der Waals surface area contributed by atoms with Gasteiger partial charge in [0, 0.05) is 28.4 Å². The van der Waals surface area contributed by atoms with Crippen LogP contribution in [0.1, 0.15) is 22.3 Å². The first kappa shape index (κ1) is 21.6. The van der Waals surface area contributed by atoms with E-state index in [1.54, 1.807) is 30.3 Å². The van der Waals surface area contributed by atoms with Gasteiger partial charge in [-0.25, -0.2) is 18.2 Å². The van der Waals surface area contributed by atoms with Gasteiger partial charge in [0.25, 0.3) is 5.91 Å². The first-order valence-corrected chi connectivity index (χ1v) is 10.6. The van der Waals surface area contributed by atoms with E-state index >= 15 is 0 Å². The van der Waals surface area contributed by atoms with Gasteiger partial charge in [-0.1, -0.05) is 36.0 Å². The van der Waals surface area contributed by atoms with Gasteiger partial charge in [0.1, 0.15) is 36.2 Å². The largest absolute Gasteiger partial charge is 0.368 e. The van der Waals surface area contributed by atoms with E-state index in [0.717, 1.165) is 23.9 Å². The minimum absolute atomic E-state index is 0.0356. The van der Waals surface area contributed by atoms with Crippen LogP contribution >= 0.6 is 11.8 Å². The van der Waals surface area contributed by atoms with Crippen LogP contribution in [0, 0.1) is 17.6 Å². The number of ether oxygens (including phenoxy) is 1. The Morgan fingerprint density at radius 1 is 1.26 bits per heavy atom. The molecule has 1 fully saturated rings. The zero-order valence-corrected chi connectivity index (χ0v) is 17.1. The number of hydrogen-bond donors (Lipinski definition) is 1. The average Bonchev–Trinajstić information content (AvgIpc) is 2.78. The number of hydrogen-bond acceptors (Lipinski definition) is 5. The number of alkyl halides is 1.